The number of ether oxygens (including phenoxy) is 5. The lowest BCUT2D eigenvalue weighted by Crippen LogP contribution is -2.27. The molecule has 10 heteroatoms. The van der Waals surface area contributed by atoms with Crippen LogP contribution in [0.4, 0.5) is 4.79 Å². The van der Waals surface area contributed by atoms with Crippen LogP contribution in [0.5, 0.6) is 17.2 Å². The van der Waals surface area contributed by atoms with Crippen LogP contribution >= 0.6 is 0 Å². The van der Waals surface area contributed by atoms with E-state index in [0.717, 1.165) is 22.3 Å². The lowest BCUT2D eigenvalue weighted by molar-refractivity contribution is 0.0591. The second-order valence-corrected chi connectivity index (χ2v) is 11.9. The lowest BCUT2D eigenvalue weighted by Gasteiger charge is -2.21. The van der Waals surface area contributed by atoms with Gasteiger partial charge in [0.2, 0.25) is 0 Å². The molecule has 6 rings (SSSR count). The number of carbonyl (C=O) groups excluding carboxylic acids is 2. The van der Waals surface area contributed by atoms with Gasteiger partial charge in [-0.1, -0.05) is 72.8 Å². The number of nitrogens with zero attached hydrogens (tertiary/aromatic N) is 1. The maximum absolute atomic E-state index is 14.5. The van der Waals surface area contributed by atoms with Gasteiger partial charge in [0.05, 0.1) is 26.7 Å². The molecule has 0 saturated carbocycles. The van der Waals surface area contributed by atoms with Crippen molar-refractivity contribution in [1.82, 2.24) is 9.88 Å². The predicted octanol–water partition coefficient (Wildman–Crippen LogP) is 7.78. The van der Waals surface area contributed by atoms with Crippen LogP contribution in [0.2, 0.25) is 0 Å². The maximum Gasteiger partial charge on any atom is 0.407 e. The molecule has 1 heterocycles. The fourth-order valence-electron chi connectivity index (χ4n) is 5.98. The van der Waals surface area contributed by atoms with Gasteiger partial charge in [0.15, 0.2) is 0 Å². The van der Waals surface area contributed by atoms with Gasteiger partial charge in [0.1, 0.15) is 36.2 Å². The minimum atomic E-state index is -0.719. The van der Waals surface area contributed by atoms with Gasteiger partial charge in [-0.3, -0.25) is 9.36 Å². The summed E-state index contributed by atoms with van der Waals surface area (Å²) in [6.45, 7) is 2.50. The van der Waals surface area contributed by atoms with E-state index in [1.165, 1.54) is 11.7 Å². The Morgan fingerprint density at radius 2 is 1.31 bits per heavy atom. The normalized spacial score (nSPS) is 10.8. The van der Waals surface area contributed by atoms with E-state index in [-0.39, 0.29) is 18.8 Å². The molecule has 1 N–H and O–H groups in total. The molecule has 0 fully saturated rings. The smallest absolute Gasteiger partial charge is 0.407 e. The Balaban J connectivity index is 1.44. The first-order valence-corrected chi connectivity index (χ1v) is 16.6. The highest BCUT2D eigenvalue weighted by Gasteiger charge is 2.27. The Morgan fingerprint density at radius 3 is 1.90 bits per heavy atom. The summed E-state index contributed by atoms with van der Waals surface area (Å²) in [6, 6.07) is 34.9. The molecule has 6 aromatic rings. The molecule has 0 aliphatic carbocycles. The first-order chi connectivity index (χ1) is 25.3. The Bertz CT molecular complexity index is 2240. The summed E-state index contributed by atoms with van der Waals surface area (Å²) in [5.41, 5.74) is 4.36. The number of fused-ring (bicyclic) bond motifs is 1. The van der Waals surface area contributed by atoms with Crippen LogP contribution in [0.1, 0.15) is 32.7 Å². The molecule has 5 aromatic carbocycles. The number of nitrogens with one attached hydrogen (secondary N) is 1. The molecule has 0 bridgehead atoms. The first kappa shape index (κ1) is 35.3. The van der Waals surface area contributed by atoms with Crippen molar-refractivity contribution in [3.05, 3.63) is 154 Å². The summed E-state index contributed by atoms with van der Waals surface area (Å²) in [6.07, 6.45) is -0.564. The molecule has 264 valence electrons. The summed E-state index contributed by atoms with van der Waals surface area (Å²) in [7, 11) is 4.39. The van der Waals surface area contributed by atoms with E-state index in [0.29, 0.717) is 51.4 Å². The average Bonchev–Trinajstić information content (AvgIpc) is 3.19. The molecule has 0 aliphatic heterocycles. The number of methoxy groups -OCH3 is 3. The van der Waals surface area contributed by atoms with E-state index in [1.54, 1.807) is 68.8 Å². The highest BCUT2D eigenvalue weighted by molar-refractivity contribution is 6.07. The van der Waals surface area contributed by atoms with Crippen molar-refractivity contribution in [2.45, 2.75) is 26.7 Å². The Labute approximate surface area is 301 Å². The van der Waals surface area contributed by atoms with Crippen molar-refractivity contribution in [3.63, 3.8) is 0 Å². The van der Waals surface area contributed by atoms with E-state index in [4.69, 9.17) is 23.7 Å². The molecular formula is C42H38N2O8. The number of carbonyl (C=O) groups is 2. The second-order valence-electron chi connectivity index (χ2n) is 11.9. The number of amides is 1. The number of aromatic nitrogens is 1. The van der Waals surface area contributed by atoms with Crippen molar-refractivity contribution in [2.24, 2.45) is 0 Å². The van der Waals surface area contributed by atoms with Gasteiger partial charge in [0.25, 0.3) is 5.56 Å². The molecule has 52 heavy (non-hydrogen) atoms. The Kier molecular flexibility index (Phi) is 10.8. The van der Waals surface area contributed by atoms with E-state index >= 15 is 0 Å². The highest BCUT2D eigenvalue weighted by atomic mass is 16.5. The van der Waals surface area contributed by atoms with Gasteiger partial charge < -0.3 is 29.0 Å². The van der Waals surface area contributed by atoms with E-state index in [9.17, 15) is 14.4 Å². The number of hydrogen-bond donors (Lipinski definition) is 1. The molecule has 10 nitrogen and oxygen atoms in total. The van der Waals surface area contributed by atoms with Crippen LogP contribution in [0.3, 0.4) is 0 Å². The standard InChI is InChI=1S/C42H38N2O8/c1-27-36(48-2)21-31(22-37(27)49-3)38-34-20-19-33(51-25-29-11-7-5-8-12-29)23-35(34)40(45)44(39(38)41(46)50-4)32-17-15-28(16-18-32)24-43-42(47)52-26-30-13-9-6-10-14-30/h5-23H,24-26H2,1-4H3,(H,43,47). The molecule has 0 spiro atoms. The number of alkyl carbamates (subject to hydrolysis) is 1. The minimum Gasteiger partial charge on any atom is -0.496 e. The molecule has 0 atom stereocenters. The van der Waals surface area contributed by atoms with Crippen LogP contribution in [0.15, 0.2) is 120 Å². The summed E-state index contributed by atoms with van der Waals surface area (Å²) in [5.74, 6) is 0.844. The Hall–Kier alpha value is -6.55. The van der Waals surface area contributed by atoms with Crippen molar-refractivity contribution in [3.8, 4) is 34.1 Å². The first-order valence-electron chi connectivity index (χ1n) is 16.6. The third kappa shape index (κ3) is 7.61. The molecule has 0 saturated heterocycles. The zero-order valence-corrected chi connectivity index (χ0v) is 29.3. The summed E-state index contributed by atoms with van der Waals surface area (Å²) >= 11 is 0. The monoisotopic (exact) mass is 698 g/mol. The van der Waals surface area contributed by atoms with Gasteiger partial charge in [-0.15, -0.1) is 0 Å². The molecule has 0 radical (unpaired) electrons. The summed E-state index contributed by atoms with van der Waals surface area (Å²) in [5, 5.41) is 3.58. The maximum atomic E-state index is 14.5. The molecule has 1 aromatic heterocycles. The summed E-state index contributed by atoms with van der Waals surface area (Å²) in [4.78, 5) is 40.7. The fourth-order valence-corrected chi connectivity index (χ4v) is 5.98. The molecule has 0 aliphatic rings. The van der Waals surface area contributed by atoms with E-state index in [2.05, 4.69) is 5.32 Å². The van der Waals surface area contributed by atoms with Gasteiger partial charge in [-0.05, 0) is 77.0 Å². The van der Waals surface area contributed by atoms with Gasteiger partial charge in [-0.25, -0.2) is 9.59 Å². The van der Waals surface area contributed by atoms with Gasteiger partial charge >= 0.3 is 12.1 Å². The van der Waals surface area contributed by atoms with Crippen LogP contribution in [-0.4, -0.2) is 38.0 Å². The Morgan fingerprint density at radius 1 is 0.692 bits per heavy atom. The largest absolute Gasteiger partial charge is 0.496 e. The number of rotatable bonds is 12. The van der Waals surface area contributed by atoms with Crippen LogP contribution in [-0.2, 0) is 29.2 Å². The van der Waals surface area contributed by atoms with Gasteiger partial charge in [0, 0.05) is 23.4 Å². The van der Waals surface area contributed by atoms with E-state index < -0.39 is 17.6 Å². The van der Waals surface area contributed by atoms with Crippen LogP contribution in [0, 0.1) is 6.92 Å². The molecule has 0 unspecified atom stereocenters. The van der Waals surface area contributed by atoms with Crippen LogP contribution in [0.25, 0.3) is 27.6 Å². The van der Waals surface area contributed by atoms with Crippen molar-refractivity contribution < 1.29 is 33.3 Å². The van der Waals surface area contributed by atoms with Crippen molar-refractivity contribution >= 4 is 22.8 Å². The van der Waals surface area contributed by atoms with Gasteiger partial charge in [-0.2, -0.15) is 0 Å². The number of hydrogen-bond acceptors (Lipinski definition) is 8. The third-order valence-corrected chi connectivity index (χ3v) is 8.67. The summed E-state index contributed by atoms with van der Waals surface area (Å²) < 4.78 is 29.5. The predicted molar refractivity (Wildman–Crippen MR) is 198 cm³/mol. The zero-order chi connectivity index (χ0) is 36.6. The number of benzene rings is 5. The number of esters is 1. The average molecular weight is 699 g/mol. The topological polar surface area (TPSA) is 114 Å². The zero-order valence-electron chi connectivity index (χ0n) is 29.3. The van der Waals surface area contributed by atoms with E-state index in [1.807, 2.05) is 67.6 Å². The molecular weight excluding hydrogens is 660 g/mol. The highest BCUT2D eigenvalue weighted by Crippen LogP contribution is 2.40. The SMILES string of the molecule is COC(=O)c1c(-c2cc(OC)c(C)c(OC)c2)c2ccc(OCc3ccccc3)cc2c(=O)n1-c1ccc(CNC(=O)OCc2ccccc2)cc1. The van der Waals surface area contributed by atoms with Crippen LogP contribution < -0.4 is 25.1 Å². The van der Waals surface area contributed by atoms with Crippen molar-refractivity contribution in [2.75, 3.05) is 21.3 Å². The lowest BCUT2D eigenvalue weighted by atomic mass is 9.94. The quantitative estimate of drug-likeness (QED) is 0.129. The second kappa shape index (κ2) is 16.0. The third-order valence-electron chi connectivity index (χ3n) is 8.67. The molecule has 1 amide bonds. The fraction of sp³-hybridized carbons (Fsp3) is 0.167. The minimum absolute atomic E-state index is 0.0151. The van der Waals surface area contributed by atoms with Crippen molar-refractivity contribution in [1.29, 1.82) is 0 Å². The number of pyridine rings is 1.